The molecule has 0 bridgehead atoms. The van der Waals surface area contributed by atoms with Crippen molar-refractivity contribution < 1.29 is 0 Å². The van der Waals surface area contributed by atoms with Crippen LogP contribution in [-0.2, 0) is 0 Å². The van der Waals surface area contributed by atoms with Gasteiger partial charge in [0.25, 0.3) is 0 Å². The predicted octanol–water partition coefficient (Wildman–Crippen LogP) is 5.18. The Bertz CT molecular complexity index is 694. The quantitative estimate of drug-likeness (QED) is 0.760. The van der Waals surface area contributed by atoms with Gasteiger partial charge in [-0.3, -0.25) is 0 Å². The monoisotopic (exact) mass is 341 g/mol. The molecular weight excluding hydrogens is 314 g/mol. The van der Waals surface area contributed by atoms with E-state index in [1.165, 1.54) is 36.6 Å². The first-order chi connectivity index (χ1) is 11.5. The van der Waals surface area contributed by atoms with Crippen molar-refractivity contribution in [2.24, 2.45) is 10.9 Å². The first-order valence-electron chi connectivity index (χ1n) is 8.96. The van der Waals surface area contributed by atoms with E-state index in [1.807, 2.05) is 30.8 Å². The van der Waals surface area contributed by atoms with Gasteiger partial charge >= 0.3 is 0 Å². The lowest BCUT2D eigenvalue weighted by Crippen LogP contribution is -2.46. The Morgan fingerprint density at radius 2 is 1.96 bits per heavy atom. The molecule has 3 nitrogen and oxygen atoms in total. The summed E-state index contributed by atoms with van der Waals surface area (Å²) in [6.07, 6.45) is 5.29. The van der Waals surface area contributed by atoms with E-state index < -0.39 is 0 Å². The highest BCUT2D eigenvalue weighted by Crippen LogP contribution is 2.45. The standard InChI is InChI=1S/C20H27N3S/c1-14(2)12-23-19(24-13-20(23)9-5-6-10-20)22-18-8-7-17(11-21)15(3)16(18)4/h7-8,14H,5-6,9-10,12-13H2,1-4H3/b22-19+. The third-order valence-corrected chi connectivity index (χ3v) is 6.70. The van der Waals surface area contributed by atoms with Crippen LogP contribution in [0.3, 0.4) is 0 Å². The molecule has 0 aromatic heterocycles. The molecule has 1 heterocycles. The van der Waals surface area contributed by atoms with E-state index in [0.29, 0.717) is 11.5 Å². The lowest BCUT2D eigenvalue weighted by molar-refractivity contribution is 0.198. The van der Waals surface area contributed by atoms with Gasteiger partial charge in [-0.1, -0.05) is 38.5 Å². The molecule has 1 spiro atoms. The summed E-state index contributed by atoms with van der Waals surface area (Å²) in [5.74, 6) is 1.81. The largest absolute Gasteiger partial charge is 0.344 e. The molecule has 2 aliphatic rings. The van der Waals surface area contributed by atoms with E-state index in [1.54, 1.807) is 0 Å². The molecule has 1 saturated heterocycles. The zero-order chi connectivity index (χ0) is 17.3. The zero-order valence-corrected chi connectivity index (χ0v) is 16.0. The van der Waals surface area contributed by atoms with Crippen molar-refractivity contribution in [1.29, 1.82) is 5.26 Å². The fraction of sp³-hybridized carbons (Fsp3) is 0.600. The number of thioether (sulfide) groups is 1. The minimum atomic E-state index is 0.337. The molecule has 1 aromatic carbocycles. The predicted molar refractivity (Wildman–Crippen MR) is 103 cm³/mol. The van der Waals surface area contributed by atoms with E-state index >= 15 is 0 Å². The van der Waals surface area contributed by atoms with Crippen molar-refractivity contribution in [2.45, 2.75) is 58.9 Å². The number of benzene rings is 1. The summed E-state index contributed by atoms with van der Waals surface area (Å²) in [5, 5.41) is 10.4. The van der Waals surface area contributed by atoms with E-state index in [2.05, 4.69) is 31.7 Å². The van der Waals surface area contributed by atoms with Gasteiger partial charge in [0.1, 0.15) is 0 Å². The molecule has 1 aliphatic carbocycles. The summed E-state index contributed by atoms with van der Waals surface area (Å²) in [6.45, 7) is 9.76. The number of nitriles is 1. The first-order valence-corrected chi connectivity index (χ1v) is 9.95. The van der Waals surface area contributed by atoms with Gasteiger partial charge in [0.15, 0.2) is 5.17 Å². The maximum atomic E-state index is 9.20. The van der Waals surface area contributed by atoms with Crippen LogP contribution in [0, 0.1) is 31.1 Å². The van der Waals surface area contributed by atoms with Crippen LogP contribution in [0.25, 0.3) is 0 Å². The van der Waals surface area contributed by atoms with Gasteiger partial charge in [0.2, 0.25) is 0 Å². The van der Waals surface area contributed by atoms with Crippen LogP contribution >= 0.6 is 11.8 Å². The second-order valence-corrected chi connectivity index (χ2v) is 8.56. The van der Waals surface area contributed by atoms with Crippen LogP contribution in [0.5, 0.6) is 0 Å². The molecule has 0 N–H and O–H groups in total. The average molecular weight is 342 g/mol. The Hall–Kier alpha value is -1.47. The van der Waals surface area contributed by atoms with Crippen molar-refractivity contribution in [3.63, 3.8) is 0 Å². The number of nitrogens with zero attached hydrogens (tertiary/aromatic N) is 3. The minimum Gasteiger partial charge on any atom is -0.344 e. The van der Waals surface area contributed by atoms with Gasteiger partial charge in [-0.25, -0.2) is 4.99 Å². The van der Waals surface area contributed by atoms with Crippen LogP contribution in [0.4, 0.5) is 5.69 Å². The maximum Gasteiger partial charge on any atom is 0.164 e. The Morgan fingerprint density at radius 3 is 2.58 bits per heavy atom. The smallest absolute Gasteiger partial charge is 0.164 e. The molecule has 4 heteroatoms. The van der Waals surface area contributed by atoms with Gasteiger partial charge in [-0.2, -0.15) is 5.26 Å². The van der Waals surface area contributed by atoms with Crippen LogP contribution in [0.2, 0.25) is 0 Å². The van der Waals surface area contributed by atoms with Crippen molar-refractivity contribution in [2.75, 3.05) is 12.3 Å². The van der Waals surface area contributed by atoms with Crippen LogP contribution in [0.1, 0.15) is 56.2 Å². The maximum absolute atomic E-state index is 9.20. The summed E-state index contributed by atoms with van der Waals surface area (Å²) >= 11 is 1.92. The summed E-state index contributed by atoms with van der Waals surface area (Å²) in [6, 6.07) is 6.17. The van der Waals surface area contributed by atoms with Gasteiger partial charge in [0.05, 0.1) is 22.9 Å². The van der Waals surface area contributed by atoms with Gasteiger partial charge in [0, 0.05) is 12.3 Å². The average Bonchev–Trinajstić information content (AvgIpc) is 3.15. The second-order valence-electron chi connectivity index (χ2n) is 7.61. The molecule has 0 unspecified atom stereocenters. The Kier molecular flexibility index (Phi) is 4.92. The number of rotatable bonds is 3. The molecule has 1 aromatic rings. The highest BCUT2D eigenvalue weighted by atomic mass is 32.2. The normalized spacial score (nSPS) is 21.2. The summed E-state index contributed by atoms with van der Waals surface area (Å²) in [5.41, 5.74) is 4.27. The Morgan fingerprint density at radius 1 is 1.25 bits per heavy atom. The third kappa shape index (κ3) is 3.07. The van der Waals surface area contributed by atoms with Crippen LogP contribution < -0.4 is 0 Å². The molecule has 1 saturated carbocycles. The van der Waals surface area contributed by atoms with Crippen molar-refractivity contribution in [3.8, 4) is 6.07 Å². The molecule has 128 valence electrons. The fourth-order valence-electron chi connectivity index (χ4n) is 3.89. The summed E-state index contributed by atoms with van der Waals surface area (Å²) < 4.78 is 0. The topological polar surface area (TPSA) is 39.4 Å². The number of aliphatic imine (C=N–C) groups is 1. The molecular formula is C20H27N3S. The van der Waals surface area contributed by atoms with Crippen LogP contribution in [0.15, 0.2) is 17.1 Å². The summed E-state index contributed by atoms with van der Waals surface area (Å²) in [4.78, 5) is 7.64. The minimum absolute atomic E-state index is 0.337. The lowest BCUT2D eigenvalue weighted by atomic mass is 9.97. The van der Waals surface area contributed by atoms with Crippen molar-refractivity contribution in [1.82, 2.24) is 4.90 Å². The molecule has 0 radical (unpaired) electrons. The number of hydrogen-bond acceptors (Lipinski definition) is 3. The highest BCUT2D eigenvalue weighted by molar-refractivity contribution is 8.14. The molecule has 24 heavy (non-hydrogen) atoms. The SMILES string of the molecule is Cc1c(C#N)ccc(/N=C2/SCC3(CCCC3)N2CC(C)C)c1C. The number of amidine groups is 1. The fourth-order valence-corrected chi connectivity index (χ4v) is 5.32. The van der Waals surface area contributed by atoms with E-state index in [9.17, 15) is 5.26 Å². The van der Waals surface area contributed by atoms with Crippen LogP contribution in [-0.4, -0.2) is 27.9 Å². The number of hydrogen-bond donors (Lipinski definition) is 0. The van der Waals surface area contributed by atoms with Crippen molar-refractivity contribution in [3.05, 3.63) is 28.8 Å². The Labute approximate surface area is 150 Å². The van der Waals surface area contributed by atoms with Gasteiger partial charge in [-0.05, 0) is 55.9 Å². The molecule has 2 fully saturated rings. The van der Waals surface area contributed by atoms with Gasteiger partial charge < -0.3 is 4.90 Å². The molecule has 0 amide bonds. The van der Waals surface area contributed by atoms with E-state index in [0.717, 1.165) is 28.9 Å². The molecule has 1 aliphatic heterocycles. The first kappa shape index (κ1) is 17.4. The third-order valence-electron chi connectivity index (χ3n) is 5.45. The highest BCUT2D eigenvalue weighted by Gasteiger charge is 2.46. The van der Waals surface area contributed by atoms with Gasteiger partial charge in [-0.15, -0.1) is 0 Å². The van der Waals surface area contributed by atoms with Crippen molar-refractivity contribution >= 4 is 22.6 Å². The molecule has 3 rings (SSSR count). The Balaban J connectivity index is 1.97. The van der Waals surface area contributed by atoms with E-state index in [-0.39, 0.29) is 0 Å². The second kappa shape index (κ2) is 6.80. The lowest BCUT2D eigenvalue weighted by Gasteiger charge is -2.37. The molecule has 0 atom stereocenters. The summed E-state index contributed by atoms with van der Waals surface area (Å²) in [7, 11) is 0. The zero-order valence-electron chi connectivity index (χ0n) is 15.2. The van der Waals surface area contributed by atoms with E-state index in [4.69, 9.17) is 4.99 Å².